The molecule has 0 unspecified atom stereocenters. The first-order valence-electron chi connectivity index (χ1n) is 5.60. The zero-order valence-corrected chi connectivity index (χ0v) is 13.3. The lowest BCUT2D eigenvalue weighted by Gasteiger charge is -2.09. The summed E-state index contributed by atoms with van der Waals surface area (Å²) in [6.07, 6.45) is 0. The van der Waals surface area contributed by atoms with E-state index in [9.17, 15) is 12.8 Å². The van der Waals surface area contributed by atoms with Gasteiger partial charge in [-0.15, -0.1) is 0 Å². The van der Waals surface area contributed by atoms with Crippen molar-refractivity contribution in [1.29, 1.82) is 0 Å². The van der Waals surface area contributed by atoms with Gasteiger partial charge in [-0.3, -0.25) is 9.40 Å². The van der Waals surface area contributed by atoms with E-state index in [1.165, 1.54) is 4.68 Å². The molecule has 0 saturated carbocycles. The van der Waals surface area contributed by atoms with Crippen molar-refractivity contribution in [3.63, 3.8) is 0 Å². The van der Waals surface area contributed by atoms with E-state index in [1.807, 2.05) is 0 Å². The number of nitrogen functional groups attached to an aromatic ring is 1. The fourth-order valence-corrected chi connectivity index (χ4v) is 3.62. The molecule has 1 aromatic carbocycles. The minimum absolute atomic E-state index is 0.0223. The van der Waals surface area contributed by atoms with E-state index in [0.29, 0.717) is 5.69 Å². The average molecular weight is 353 g/mol. The zero-order valence-electron chi connectivity index (χ0n) is 11.0. The number of hydrogen-bond acceptors (Lipinski definition) is 4. The first kappa shape index (κ1) is 15.9. The number of sulfonamides is 1. The van der Waals surface area contributed by atoms with Gasteiger partial charge in [0.05, 0.1) is 21.4 Å². The van der Waals surface area contributed by atoms with Crippen LogP contribution in [0, 0.1) is 12.7 Å². The molecule has 0 saturated heterocycles. The maximum Gasteiger partial charge on any atom is 0.267 e. The van der Waals surface area contributed by atoms with Crippen LogP contribution < -0.4 is 10.5 Å². The van der Waals surface area contributed by atoms with E-state index in [1.54, 1.807) is 14.0 Å². The van der Waals surface area contributed by atoms with E-state index in [-0.39, 0.29) is 26.4 Å². The van der Waals surface area contributed by atoms with Crippen LogP contribution in [0.5, 0.6) is 0 Å². The molecular formula is C11H11Cl2FN4O2S. The Morgan fingerprint density at radius 3 is 2.29 bits per heavy atom. The molecule has 0 spiro atoms. The quantitative estimate of drug-likeness (QED) is 0.830. The second-order valence-electron chi connectivity index (χ2n) is 4.28. The summed E-state index contributed by atoms with van der Waals surface area (Å²) in [5.74, 6) is -0.958. The van der Waals surface area contributed by atoms with Crippen molar-refractivity contribution in [3.8, 4) is 0 Å². The van der Waals surface area contributed by atoms with Crippen molar-refractivity contribution in [2.75, 3.05) is 10.5 Å². The Balaban J connectivity index is 2.47. The van der Waals surface area contributed by atoms with Crippen molar-refractivity contribution in [2.24, 2.45) is 7.05 Å². The van der Waals surface area contributed by atoms with Crippen LogP contribution in [0.2, 0.25) is 10.0 Å². The van der Waals surface area contributed by atoms with Crippen molar-refractivity contribution in [1.82, 2.24) is 9.78 Å². The van der Waals surface area contributed by atoms with E-state index in [2.05, 4.69) is 9.82 Å². The normalized spacial score (nSPS) is 11.7. The number of halogens is 3. The molecule has 0 aliphatic carbocycles. The van der Waals surface area contributed by atoms with Crippen molar-refractivity contribution in [2.45, 2.75) is 11.8 Å². The van der Waals surface area contributed by atoms with Crippen LogP contribution in [-0.4, -0.2) is 18.2 Å². The number of anilines is 2. The van der Waals surface area contributed by atoms with Crippen LogP contribution in [0.4, 0.5) is 15.9 Å². The summed E-state index contributed by atoms with van der Waals surface area (Å²) in [4.78, 5) is -0.151. The van der Waals surface area contributed by atoms with Gasteiger partial charge in [-0.05, 0) is 19.1 Å². The SMILES string of the molecule is Cc1c(S(=O)(=O)Nc2cc(Cl)c(F)c(Cl)c2)c(N)nn1C. The molecule has 10 heteroatoms. The standard InChI is InChI=1S/C11H11Cl2FN4O2S/c1-5-10(11(15)16-18(5)2)21(19,20)17-6-3-7(12)9(14)8(13)4-6/h3-4,17H,1-2H3,(H2,15,16). The number of hydrogen-bond donors (Lipinski definition) is 2. The van der Waals surface area contributed by atoms with Crippen LogP contribution in [0.25, 0.3) is 0 Å². The Bertz CT molecular complexity index is 797. The minimum Gasteiger partial charge on any atom is -0.381 e. The molecule has 0 bridgehead atoms. The highest BCUT2D eigenvalue weighted by Crippen LogP contribution is 2.30. The second kappa shape index (κ2) is 5.36. The molecule has 0 radical (unpaired) electrons. The van der Waals surface area contributed by atoms with E-state index >= 15 is 0 Å². The molecule has 1 aromatic heterocycles. The molecule has 2 aromatic rings. The van der Waals surface area contributed by atoms with Crippen molar-refractivity contribution < 1.29 is 12.8 Å². The van der Waals surface area contributed by atoms with Gasteiger partial charge in [-0.25, -0.2) is 12.8 Å². The largest absolute Gasteiger partial charge is 0.381 e. The van der Waals surface area contributed by atoms with E-state index in [0.717, 1.165) is 12.1 Å². The van der Waals surface area contributed by atoms with Gasteiger partial charge in [-0.1, -0.05) is 23.2 Å². The molecule has 0 fully saturated rings. The summed E-state index contributed by atoms with van der Waals surface area (Å²) in [6, 6.07) is 2.23. The molecule has 3 N–H and O–H groups in total. The number of benzene rings is 1. The summed E-state index contributed by atoms with van der Waals surface area (Å²) < 4.78 is 41.6. The molecule has 2 rings (SSSR count). The van der Waals surface area contributed by atoms with Crippen LogP contribution in [0.3, 0.4) is 0 Å². The number of aromatic nitrogens is 2. The monoisotopic (exact) mass is 352 g/mol. The van der Waals surface area contributed by atoms with Crippen LogP contribution in [0.1, 0.15) is 5.69 Å². The molecular weight excluding hydrogens is 342 g/mol. The first-order chi connectivity index (χ1) is 9.63. The highest BCUT2D eigenvalue weighted by atomic mass is 35.5. The Hall–Kier alpha value is -1.51. The molecule has 0 aliphatic rings. The molecule has 0 atom stereocenters. The summed E-state index contributed by atoms with van der Waals surface area (Å²) in [7, 11) is -2.43. The van der Waals surface area contributed by atoms with Crippen LogP contribution in [0.15, 0.2) is 17.0 Å². The Morgan fingerprint density at radius 1 is 1.33 bits per heavy atom. The Labute approximate surface area is 130 Å². The van der Waals surface area contributed by atoms with Gasteiger partial charge >= 0.3 is 0 Å². The fraction of sp³-hybridized carbons (Fsp3) is 0.182. The van der Waals surface area contributed by atoms with Gasteiger partial charge in [-0.2, -0.15) is 5.10 Å². The summed E-state index contributed by atoms with van der Waals surface area (Å²) in [5.41, 5.74) is 5.99. The van der Waals surface area contributed by atoms with Crippen LogP contribution >= 0.6 is 23.2 Å². The fourth-order valence-electron chi connectivity index (χ4n) is 1.77. The maximum absolute atomic E-state index is 13.3. The Morgan fingerprint density at radius 2 is 1.86 bits per heavy atom. The molecule has 1 heterocycles. The molecule has 6 nitrogen and oxygen atoms in total. The number of nitrogens with zero attached hydrogens (tertiary/aromatic N) is 2. The third-order valence-corrected chi connectivity index (χ3v) is 4.91. The van der Waals surface area contributed by atoms with Gasteiger partial charge in [0.15, 0.2) is 16.5 Å². The highest BCUT2D eigenvalue weighted by molar-refractivity contribution is 7.93. The lowest BCUT2D eigenvalue weighted by molar-refractivity contribution is 0.600. The second-order valence-corrected chi connectivity index (χ2v) is 6.72. The minimum atomic E-state index is -4.00. The van der Waals surface area contributed by atoms with Crippen molar-refractivity contribution in [3.05, 3.63) is 33.7 Å². The number of nitrogens with two attached hydrogens (primary N) is 1. The topological polar surface area (TPSA) is 90.0 Å². The Kier molecular flexibility index (Phi) is 4.05. The smallest absolute Gasteiger partial charge is 0.267 e. The van der Waals surface area contributed by atoms with Crippen LogP contribution in [-0.2, 0) is 17.1 Å². The number of rotatable bonds is 3. The average Bonchev–Trinajstić information content (AvgIpc) is 2.60. The predicted molar refractivity (Wildman–Crippen MR) is 79.6 cm³/mol. The van der Waals surface area contributed by atoms with Crippen molar-refractivity contribution >= 4 is 44.7 Å². The predicted octanol–water partition coefficient (Wildman–Crippen LogP) is 2.56. The van der Waals surface area contributed by atoms with Gasteiger partial charge < -0.3 is 5.73 Å². The number of nitrogens with one attached hydrogen (secondary N) is 1. The molecule has 114 valence electrons. The lowest BCUT2D eigenvalue weighted by Crippen LogP contribution is -2.15. The zero-order chi connectivity index (χ0) is 15.9. The summed E-state index contributed by atoms with van der Waals surface area (Å²) in [6.45, 7) is 1.56. The molecule has 0 aliphatic heterocycles. The third kappa shape index (κ3) is 2.92. The van der Waals surface area contributed by atoms with E-state index < -0.39 is 15.8 Å². The van der Waals surface area contributed by atoms with E-state index in [4.69, 9.17) is 28.9 Å². The number of aryl methyl sites for hydroxylation is 1. The van der Waals surface area contributed by atoms with Gasteiger partial charge in [0.1, 0.15) is 0 Å². The van der Waals surface area contributed by atoms with Gasteiger partial charge in [0, 0.05) is 7.05 Å². The van der Waals surface area contributed by atoms with Gasteiger partial charge in [0.25, 0.3) is 10.0 Å². The maximum atomic E-state index is 13.3. The summed E-state index contributed by atoms with van der Waals surface area (Å²) >= 11 is 11.3. The third-order valence-electron chi connectivity index (χ3n) is 2.81. The highest BCUT2D eigenvalue weighted by Gasteiger charge is 2.25. The lowest BCUT2D eigenvalue weighted by atomic mass is 10.3. The molecule has 0 amide bonds. The first-order valence-corrected chi connectivity index (χ1v) is 7.84. The van der Waals surface area contributed by atoms with Gasteiger partial charge in [0.2, 0.25) is 0 Å². The summed E-state index contributed by atoms with van der Waals surface area (Å²) in [5, 5.41) is 3.24. The molecule has 21 heavy (non-hydrogen) atoms.